The molecule has 0 aliphatic carbocycles. The van der Waals surface area contributed by atoms with E-state index >= 15 is 0 Å². The number of carbonyl (C=O) groups is 2. The van der Waals surface area contributed by atoms with Crippen LogP contribution in [0.2, 0.25) is 0 Å². The number of ether oxygens (including phenoxy) is 1. The van der Waals surface area contributed by atoms with Crippen molar-refractivity contribution in [1.29, 1.82) is 0 Å². The second kappa shape index (κ2) is 8.97. The summed E-state index contributed by atoms with van der Waals surface area (Å²) in [6.45, 7) is 9.24. The van der Waals surface area contributed by atoms with Gasteiger partial charge in [-0.15, -0.1) is 13.2 Å². The minimum absolute atomic E-state index is 0.283. The Bertz CT molecular complexity index is 601. The third kappa shape index (κ3) is 8.65. The number of carbonyl (C=O) groups excluding carboxylic acids is 2. The maximum absolute atomic E-state index is 11.7. The molecule has 0 rings (SSSR count). The van der Waals surface area contributed by atoms with E-state index in [4.69, 9.17) is 0 Å². The van der Waals surface area contributed by atoms with E-state index in [1.54, 1.807) is 0 Å². The molecule has 0 saturated heterocycles. The summed E-state index contributed by atoms with van der Waals surface area (Å²) in [6, 6.07) is 0. The molecule has 23 heavy (non-hydrogen) atoms. The van der Waals surface area contributed by atoms with Crippen LogP contribution in [0.1, 0.15) is 13.8 Å². The summed E-state index contributed by atoms with van der Waals surface area (Å²) in [7, 11) is -7.01. The van der Waals surface area contributed by atoms with Gasteiger partial charge in [0.05, 0.1) is 34.8 Å². The van der Waals surface area contributed by atoms with Crippen molar-refractivity contribution in [1.82, 2.24) is 0 Å². The fourth-order valence-corrected chi connectivity index (χ4v) is 4.48. The lowest BCUT2D eigenvalue weighted by Gasteiger charge is -2.13. The summed E-state index contributed by atoms with van der Waals surface area (Å²) in [6.07, 6.45) is 2.40. The predicted octanol–water partition coefficient (Wildman–Crippen LogP) is 0.530. The second-order valence-electron chi connectivity index (χ2n) is 5.27. The van der Waals surface area contributed by atoms with Crippen LogP contribution in [-0.4, -0.2) is 51.8 Å². The van der Waals surface area contributed by atoms with Crippen LogP contribution in [0.25, 0.3) is 0 Å². The molecule has 0 heterocycles. The Hall–Kier alpha value is -1.48. The highest BCUT2D eigenvalue weighted by molar-refractivity contribution is 7.91. The van der Waals surface area contributed by atoms with Gasteiger partial charge < -0.3 is 4.74 Å². The zero-order chi connectivity index (χ0) is 18.3. The van der Waals surface area contributed by atoms with E-state index in [1.807, 2.05) is 0 Å². The highest BCUT2D eigenvalue weighted by atomic mass is 32.2. The molecule has 2 unspecified atom stereocenters. The summed E-state index contributed by atoms with van der Waals surface area (Å²) in [5.41, 5.74) is 0. The zero-order valence-electron chi connectivity index (χ0n) is 13.2. The van der Waals surface area contributed by atoms with Crippen LogP contribution < -0.4 is 0 Å². The van der Waals surface area contributed by atoms with Gasteiger partial charge in [0.25, 0.3) is 0 Å². The average Bonchev–Trinajstić information content (AvgIpc) is 2.36. The number of sulfone groups is 2. The van der Waals surface area contributed by atoms with Gasteiger partial charge in [-0.25, -0.2) is 16.8 Å². The van der Waals surface area contributed by atoms with Gasteiger partial charge >= 0.3 is 11.9 Å². The van der Waals surface area contributed by atoms with Crippen molar-refractivity contribution < 1.29 is 31.2 Å². The summed E-state index contributed by atoms with van der Waals surface area (Å²) in [5, 5.41) is 0. The molecule has 7 nitrogen and oxygen atoms in total. The molecule has 0 aliphatic heterocycles. The van der Waals surface area contributed by atoms with E-state index in [2.05, 4.69) is 17.9 Å². The van der Waals surface area contributed by atoms with Gasteiger partial charge in [-0.1, -0.05) is 26.0 Å². The van der Waals surface area contributed by atoms with E-state index in [0.717, 1.165) is 0 Å². The quantitative estimate of drug-likeness (QED) is 0.315. The van der Waals surface area contributed by atoms with Crippen molar-refractivity contribution in [2.75, 3.05) is 23.0 Å². The monoisotopic (exact) mass is 366 g/mol. The summed E-state index contributed by atoms with van der Waals surface area (Å²) < 4.78 is 50.9. The summed E-state index contributed by atoms with van der Waals surface area (Å²) >= 11 is 0. The molecule has 0 amide bonds. The Kier molecular flexibility index (Phi) is 8.39. The average molecular weight is 366 g/mol. The van der Waals surface area contributed by atoms with E-state index in [-0.39, 0.29) is 11.5 Å². The van der Waals surface area contributed by atoms with Gasteiger partial charge in [-0.2, -0.15) is 0 Å². The van der Waals surface area contributed by atoms with Crippen LogP contribution in [-0.2, 0) is 34.0 Å². The first-order valence-electron chi connectivity index (χ1n) is 6.82. The first kappa shape index (κ1) is 21.5. The summed E-state index contributed by atoms with van der Waals surface area (Å²) in [4.78, 5) is 23.5. The first-order valence-corrected chi connectivity index (χ1v) is 10.5. The second-order valence-corrected chi connectivity index (χ2v) is 9.58. The maximum atomic E-state index is 11.7. The SMILES string of the molecule is C=CCS(=O)(=O)CC(C)C(=O)OC(=O)C(C)CS(=O)(=O)CC=C. The van der Waals surface area contributed by atoms with Gasteiger partial charge in [-0.05, 0) is 0 Å². The molecule has 0 fully saturated rings. The standard InChI is InChI=1S/C14H22O7S2/c1-5-7-22(17,18)9-11(3)13(15)21-14(16)12(4)10-23(19,20)8-6-2/h5-6,11-12H,1-2,7-10H2,3-4H3. The van der Waals surface area contributed by atoms with Crippen molar-refractivity contribution in [3.63, 3.8) is 0 Å². The number of rotatable bonds is 10. The Morgan fingerprint density at radius 2 is 1.17 bits per heavy atom. The highest BCUT2D eigenvalue weighted by Crippen LogP contribution is 2.10. The minimum atomic E-state index is -3.51. The largest absolute Gasteiger partial charge is 0.393 e. The molecule has 0 aromatic heterocycles. The molecule has 0 spiro atoms. The summed E-state index contributed by atoms with van der Waals surface area (Å²) in [5.74, 6) is -5.61. The Morgan fingerprint density at radius 3 is 1.43 bits per heavy atom. The molecule has 0 aliphatic rings. The number of hydrogen-bond donors (Lipinski definition) is 0. The Morgan fingerprint density at radius 1 is 0.870 bits per heavy atom. The van der Waals surface area contributed by atoms with Crippen LogP contribution in [0.3, 0.4) is 0 Å². The van der Waals surface area contributed by atoms with Crippen LogP contribution in [0.15, 0.2) is 25.3 Å². The van der Waals surface area contributed by atoms with Crippen LogP contribution in [0, 0.1) is 11.8 Å². The fraction of sp³-hybridized carbons (Fsp3) is 0.571. The topological polar surface area (TPSA) is 112 Å². The Labute approximate surface area is 137 Å². The van der Waals surface area contributed by atoms with Crippen molar-refractivity contribution in [3.8, 4) is 0 Å². The minimum Gasteiger partial charge on any atom is -0.393 e. The van der Waals surface area contributed by atoms with E-state index in [1.165, 1.54) is 26.0 Å². The van der Waals surface area contributed by atoms with Crippen LogP contribution in [0.5, 0.6) is 0 Å². The molecule has 0 saturated carbocycles. The van der Waals surface area contributed by atoms with Gasteiger partial charge in [-0.3, -0.25) is 9.59 Å². The lowest BCUT2D eigenvalue weighted by atomic mass is 10.2. The third-order valence-corrected chi connectivity index (χ3v) is 6.26. The van der Waals surface area contributed by atoms with Crippen molar-refractivity contribution >= 4 is 31.6 Å². The molecule has 0 aromatic carbocycles. The Balaban J connectivity index is 4.68. The van der Waals surface area contributed by atoms with Gasteiger partial charge in [0.1, 0.15) is 0 Å². The molecular weight excluding hydrogens is 344 g/mol. The van der Waals surface area contributed by atoms with E-state index in [9.17, 15) is 26.4 Å². The van der Waals surface area contributed by atoms with Gasteiger partial charge in [0.15, 0.2) is 19.7 Å². The number of hydrogen-bond acceptors (Lipinski definition) is 7. The lowest BCUT2D eigenvalue weighted by molar-refractivity contribution is -0.164. The number of esters is 2. The fourth-order valence-electron chi connectivity index (χ4n) is 1.69. The molecular formula is C14H22O7S2. The first-order chi connectivity index (χ1) is 10.4. The van der Waals surface area contributed by atoms with Crippen molar-refractivity contribution in [3.05, 3.63) is 25.3 Å². The molecule has 0 N–H and O–H groups in total. The predicted molar refractivity (Wildman–Crippen MR) is 87.1 cm³/mol. The van der Waals surface area contributed by atoms with E-state index < -0.39 is 55.0 Å². The normalized spacial score (nSPS) is 14.5. The van der Waals surface area contributed by atoms with Gasteiger partial charge in [0, 0.05) is 0 Å². The third-order valence-electron chi connectivity index (χ3n) is 2.76. The molecule has 2 atom stereocenters. The van der Waals surface area contributed by atoms with Crippen LogP contribution >= 0.6 is 0 Å². The smallest absolute Gasteiger partial charge is 0.317 e. The molecule has 0 bridgehead atoms. The zero-order valence-corrected chi connectivity index (χ0v) is 14.9. The maximum Gasteiger partial charge on any atom is 0.317 e. The molecule has 132 valence electrons. The van der Waals surface area contributed by atoms with E-state index in [0.29, 0.717) is 0 Å². The molecule has 0 aromatic rings. The molecule has 9 heteroatoms. The molecule has 0 radical (unpaired) electrons. The van der Waals surface area contributed by atoms with Crippen molar-refractivity contribution in [2.45, 2.75) is 13.8 Å². The van der Waals surface area contributed by atoms with Crippen molar-refractivity contribution in [2.24, 2.45) is 11.8 Å². The highest BCUT2D eigenvalue weighted by Gasteiger charge is 2.28. The van der Waals surface area contributed by atoms with Crippen LogP contribution in [0.4, 0.5) is 0 Å². The van der Waals surface area contributed by atoms with Gasteiger partial charge in [0.2, 0.25) is 0 Å². The lowest BCUT2D eigenvalue weighted by Crippen LogP contribution is -2.30.